The lowest BCUT2D eigenvalue weighted by atomic mass is 10.0. The number of aliphatic hydroxyl groups excluding tert-OH is 3. The van der Waals surface area contributed by atoms with Crippen molar-refractivity contribution in [2.24, 2.45) is 0 Å². The van der Waals surface area contributed by atoms with Crippen molar-refractivity contribution < 1.29 is 15.3 Å². The van der Waals surface area contributed by atoms with Crippen LogP contribution in [0.25, 0.3) is 0 Å². The first kappa shape index (κ1) is 29.6. The molecule has 25 heavy (non-hydrogen) atoms. The fourth-order valence-electron chi connectivity index (χ4n) is 2.83. The lowest BCUT2D eigenvalue weighted by Crippen LogP contribution is -1.85. The van der Waals surface area contributed by atoms with Crippen LogP contribution in [-0.2, 0) is 0 Å². The summed E-state index contributed by atoms with van der Waals surface area (Å²) >= 11 is 0. The Bertz CT molecular complexity index is 106. The first-order valence-corrected chi connectivity index (χ1v) is 11.1. The van der Waals surface area contributed by atoms with Gasteiger partial charge in [0, 0.05) is 19.8 Å². The maximum absolute atomic E-state index is 7.57. The van der Waals surface area contributed by atoms with Crippen LogP contribution >= 0.6 is 0 Å². The van der Waals surface area contributed by atoms with E-state index in [4.69, 9.17) is 15.3 Å². The first-order valence-electron chi connectivity index (χ1n) is 11.1. The number of rotatable bonds is 0. The molecule has 0 aromatic rings. The summed E-state index contributed by atoms with van der Waals surface area (Å²) in [7, 11) is 0. The van der Waals surface area contributed by atoms with E-state index in [1.165, 1.54) is 103 Å². The number of hydrogen-bond acceptors (Lipinski definition) is 3. The Kier molecular flexibility index (Phi) is 41.6. The van der Waals surface area contributed by atoms with Gasteiger partial charge in [-0.05, 0) is 20.8 Å². The Morgan fingerprint density at radius 2 is 0.360 bits per heavy atom. The van der Waals surface area contributed by atoms with Crippen LogP contribution in [0.5, 0.6) is 0 Å². The van der Waals surface area contributed by atoms with Crippen molar-refractivity contribution in [1.29, 1.82) is 0 Å². The minimum atomic E-state index is 0.250. The monoisotopic (exact) mass is 362 g/mol. The molecule has 1 saturated carbocycles. The molecule has 0 aliphatic heterocycles. The second-order valence-electron chi connectivity index (χ2n) is 6.61. The summed E-state index contributed by atoms with van der Waals surface area (Å²) in [4.78, 5) is 0. The average molecular weight is 363 g/mol. The average Bonchev–Trinajstić information content (AvgIpc) is 2.57. The molecular formula is C22H50O3. The third-order valence-electron chi connectivity index (χ3n) is 4.00. The normalized spacial score (nSPS) is 17.5. The van der Waals surface area contributed by atoms with Gasteiger partial charge in [0.15, 0.2) is 0 Å². The Hall–Kier alpha value is -0.120. The van der Waals surface area contributed by atoms with Crippen molar-refractivity contribution >= 4 is 0 Å². The van der Waals surface area contributed by atoms with E-state index in [0.717, 1.165) is 0 Å². The fraction of sp³-hybridized carbons (Fsp3) is 1.00. The van der Waals surface area contributed by atoms with Crippen LogP contribution in [0.2, 0.25) is 0 Å². The van der Waals surface area contributed by atoms with E-state index in [9.17, 15) is 0 Å². The summed E-state index contributed by atoms with van der Waals surface area (Å²) in [6.07, 6.45) is 24.0. The van der Waals surface area contributed by atoms with Crippen LogP contribution in [0.15, 0.2) is 0 Å². The zero-order valence-corrected chi connectivity index (χ0v) is 17.8. The molecule has 0 bridgehead atoms. The molecule has 0 saturated heterocycles. The SMILES string of the molecule is C1CCCCCCCCCCCCCCC1.CCO.CCO.CCO. The zero-order valence-electron chi connectivity index (χ0n) is 17.8. The largest absolute Gasteiger partial charge is 0.397 e. The van der Waals surface area contributed by atoms with Crippen LogP contribution in [0.1, 0.15) is 124 Å². The molecule has 0 amide bonds. The zero-order chi connectivity index (χ0) is 19.4. The second kappa shape index (κ2) is 35.1. The van der Waals surface area contributed by atoms with Gasteiger partial charge in [-0.1, -0.05) is 103 Å². The highest BCUT2D eigenvalue weighted by molar-refractivity contribution is 4.52. The fourth-order valence-corrected chi connectivity index (χ4v) is 2.83. The summed E-state index contributed by atoms with van der Waals surface area (Å²) in [6.45, 7) is 5.79. The summed E-state index contributed by atoms with van der Waals surface area (Å²) in [5.41, 5.74) is 0. The minimum Gasteiger partial charge on any atom is -0.397 e. The van der Waals surface area contributed by atoms with E-state index >= 15 is 0 Å². The van der Waals surface area contributed by atoms with Gasteiger partial charge in [-0.25, -0.2) is 0 Å². The minimum absolute atomic E-state index is 0.250. The van der Waals surface area contributed by atoms with E-state index in [-0.39, 0.29) is 19.8 Å². The predicted molar refractivity (Wildman–Crippen MR) is 112 cm³/mol. The maximum Gasteiger partial charge on any atom is 0.0402 e. The van der Waals surface area contributed by atoms with Crippen molar-refractivity contribution in [2.45, 2.75) is 124 Å². The molecule has 0 aromatic carbocycles. The van der Waals surface area contributed by atoms with Gasteiger partial charge in [0.05, 0.1) is 0 Å². The molecule has 3 nitrogen and oxygen atoms in total. The predicted octanol–water partition coefficient (Wildman–Crippen LogP) is 6.24. The Morgan fingerprint density at radius 3 is 0.400 bits per heavy atom. The third kappa shape index (κ3) is 45.3. The van der Waals surface area contributed by atoms with Crippen molar-refractivity contribution in [3.05, 3.63) is 0 Å². The van der Waals surface area contributed by atoms with Gasteiger partial charge in [-0.2, -0.15) is 0 Å². The van der Waals surface area contributed by atoms with Crippen LogP contribution < -0.4 is 0 Å². The Labute approximate surface area is 159 Å². The molecule has 0 radical (unpaired) electrons. The molecule has 1 rings (SSSR count). The smallest absolute Gasteiger partial charge is 0.0402 e. The van der Waals surface area contributed by atoms with Crippen LogP contribution in [-0.4, -0.2) is 35.1 Å². The van der Waals surface area contributed by atoms with Gasteiger partial charge in [-0.15, -0.1) is 0 Å². The summed E-state index contributed by atoms with van der Waals surface area (Å²) in [6, 6.07) is 0. The number of hydrogen-bond donors (Lipinski definition) is 3. The molecule has 0 heterocycles. The molecule has 0 atom stereocenters. The van der Waals surface area contributed by atoms with Crippen LogP contribution in [0, 0.1) is 0 Å². The maximum atomic E-state index is 7.57. The van der Waals surface area contributed by atoms with Crippen molar-refractivity contribution in [2.75, 3.05) is 19.8 Å². The third-order valence-corrected chi connectivity index (χ3v) is 4.00. The molecule has 0 spiro atoms. The quantitative estimate of drug-likeness (QED) is 0.478. The molecule has 1 fully saturated rings. The lowest BCUT2D eigenvalue weighted by molar-refractivity contribution is 0.318. The van der Waals surface area contributed by atoms with Crippen molar-refractivity contribution in [1.82, 2.24) is 0 Å². The van der Waals surface area contributed by atoms with E-state index in [1.54, 1.807) is 20.8 Å². The van der Waals surface area contributed by atoms with E-state index in [1.807, 2.05) is 0 Å². The van der Waals surface area contributed by atoms with Crippen LogP contribution in [0.3, 0.4) is 0 Å². The summed E-state index contributed by atoms with van der Waals surface area (Å²) in [5.74, 6) is 0. The van der Waals surface area contributed by atoms with Crippen molar-refractivity contribution in [3.63, 3.8) is 0 Å². The molecule has 156 valence electrons. The van der Waals surface area contributed by atoms with Gasteiger partial charge in [0.25, 0.3) is 0 Å². The van der Waals surface area contributed by atoms with Gasteiger partial charge >= 0.3 is 0 Å². The Morgan fingerprint density at radius 1 is 0.320 bits per heavy atom. The topological polar surface area (TPSA) is 60.7 Å². The van der Waals surface area contributed by atoms with E-state index < -0.39 is 0 Å². The second-order valence-corrected chi connectivity index (χ2v) is 6.61. The molecule has 3 heteroatoms. The molecule has 1 aliphatic carbocycles. The molecule has 0 aromatic heterocycles. The van der Waals surface area contributed by atoms with Gasteiger partial charge in [0.1, 0.15) is 0 Å². The van der Waals surface area contributed by atoms with E-state index in [0.29, 0.717) is 0 Å². The van der Waals surface area contributed by atoms with Gasteiger partial charge in [-0.3, -0.25) is 0 Å². The molecule has 1 aliphatic rings. The lowest BCUT2D eigenvalue weighted by Gasteiger charge is -2.05. The highest BCUT2D eigenvalue weighted by Crippen LogP contribution is 2.16. The molecule has 3 N–H and O–H groups in total. The van der Waals surface area contributed by atoms with Crippen LogP contribution in [0.4, 0.5) is 0 Å². The van der Waals surface area contributed by atoms with E-state index in [2.05, 4.69) is 0 Å². The highest BCUT2D eigenvalue weighted by atomic mass is 16.3. The molecule has 0 unspecified atom stereocenters. The highest BCUT2D eigenvalue weighted by Gasteiger charge is 1.96. The first-order chi connectivity index (χ1) is 12.2. The van der Waals surface area contributed by atoms with Gasteiger partial charge < -0.3 is 15.3 Å². The Balaban J connectivity index is -0.000000451. The van der Waals surface area contributed by atoms with Gasteiger partial charge in [0.2, 0.25) is 0 Å². The summed E-state index contributed by atoms with van der Waals surface area (Å²) < 4.78 is 0. The number of aliphatic hydroxyl groups is 3. The van der Waals surface area contributed by atoms with Crippen molar-refractivity contribution in [3.8, 4) is 0 Å². The standard InChI is InChI=1S/C16H32.3C2H6O/c1-2-4-6-8-10-12-14-16-15-13-11-9-7-5-3-1;3*1-2-3/h1-16H2;3*3H,2H2,1H3. The summed E-state index contributed by atoms with van der Waals surface area (Å²) in [5, 5.41) is 22.7. The molecular weight excluding hydrogens is 312 g/mol.